The summed E-state index contributed by atoms with van der Waals surface area (Å²) in [5.41, 5.74) is 0. The van der Waals surface area contributed by atoms with Crippen molar-refractivity contribution in [2.24, 2.45) is 0 Å². The fraction of sp³-hybridized carbons (Fsp3) is 0.875. The quantitative estimate of drug-likeness (QED) is 0.532. The molecule has 0 aromatic carbocycles. The summed E-state index contributed by atoms with van der Waals surface area (Å²) in [5.74, 6) is 0. The van der Waals surface area contributed by atoms with E-state index in [-0.39, 0.29) is 0 Å². The van der Waals surface area contributed by atoms with E-state index in [0.717, 1.165) is 13.0 Å². The first kappa shape index (κ1) is 9.92. The van der Waals surface area contributed by atoms with Gasteiger partial charge in [0.2, 0.25) is 0 Å². The van der Waals surface area contributed by atoms with Crippen molar-refractivity contribution in [3.05, 3.63) is 6.61 Å². The van der Waals surface area contributed by atoms with E-state index in [1.165, 1.54) is 0 Å². The topological polar surface area (TPSA) is 18.5 Å². The van der Waals surface area contributed by atoms with Crippen LogP contribution in [0.5, 0.6) is 0 Å². The molecular weight excluding hydrogens is 128 g/mol. The highest BCUT2D eigenvalue weighted by atomic mass is 16.5. The van der Waals surface area contributed by atoms with Gasteiger partial charge in [-0.15, -0.1) is 0 Å². The van der Waals surface area contributed by atoms with Crippen LogP contribution < -0.4 is 0 Å². The van der Waals surface area contributed by atoms with Crippen molar-refractivity contribution >= 4 is 0 Å². The molecule has 0 aliphatic heterocycles. The zero-order valence-electron chi connectivity index (χ0n) is 7.09. The summed E-state index contributed by atoms with van der Waals surface area (Å²) >= 11 is 0. The molecule has 1 unspecified atom stereocenters. The van der Waals surface area contributed by atoms with Crippen molar-refractivity contribution in [1.82, 2.24) is 0 Å². The number of rotatable bonds is 6. The van der Waals surface area contributed by atoms with Gasteiger partial charge in [0.1, 0.15) is 6.61 Å². The van der Waals surface area contributed by atoms with E-state index >= 15 is 0 Å². The van der Waals surface area contributed by atoms with Crippen molar-refractivity contribution in [2.45, 2.75) is 33.3 Å². The molecule has 2 nitrogen and oxygen atoms in total. The molecule has 1 atom stereocenters. The van der Waals surface area contributed by atoms with Gasteiger partial charge in [-0.2, -0.15) is 0 Å². The van der Waals surface area contributed by atoms with Crippen molar-refractivity contribution in [1.29, 1.82) is 0 Å². The lowest BCUT2D eigenvalue weighted by atomic mass is 10.3. The van der Waals surface area contributed by atoms with Crippen molar-refractivity contribution in [3.63, 3.8) is 0 Å². The van der Waals surface area contributed by atoms with E-state index < -0.39 is 0 Å². The zero-order valence-corrected chi connectivity index (χ0v) is 7.09. The summed E-state index contributed by atoms with van der Waals surface area (Å²) in [7, 11) is 0. The van der Waals surface area contributed by atoms with E-state index in [4.69, 9.17) is 9.47 Å². The molecule has 0 N–H and O–H groups in total. The first-order valence-corrected chi connectivity index (χ1v) is 3.86. The summed E-state index contributed by atoms with van der Waals surface area (Å²) in [6.45, 7) is 9.14. The normalized spacial score (nSPS) is 13.5. The molecule has 0 aromatic rings. The lowest BCUT2D eigenvalue weighted by Crippen LogP contribution is -2.08. The minimum absolute atomic E-state index is 0.344. The molecule has 1 radical (unpaired) electrons. The maximum Gasteiger partial charge on any atom is 0.109 e. The smallest absolute Gasteiger partial charge is 0.109 e. The first-order valence-electron chi connectivity index (χ1n) is 3.86. The van der Waals surface area contributed by atoms with E-state index in [0.29, 0.717) is 12.7 Å². The molecule has 0 spiro atoms. The van der Waals surface area contributed by atoms with Gasteiger partial charge < -0.3 is 9.47 Å². The predicted octanol–water partition coefficient (Wildman–Crippen LogP) is 2.00. The van der Waals surface area contributed by atoms with Gasteiger partial charge in [0, 0.05) is 6.61 Å². The van der Waals surface area contributed by atoms with Crippen LogP contribution in [0, 0.1) is 6.61 Å². The van der Waals surface area contributed by atoms with Crippen LogP contribution in [-0.2, 0) is 9.47 Å². The Hall–Kier alpha value is -0.0800. The van der Waals surface area contributed by atoms with E-state index in [2.05, 4.69) is 13.8 Å². The minimum Gasteiger partial charge on any atom is -0.376 e. The van der Waals surface area contributed by atoms with Crippen LogP contribution in [0.15, 0.2) is 0 Å². The summed E-state index contributed by atoms with van der Waals surface area (Å²) in [4.78, 5) is 0. The van der Waals surface area contributed by atoms with Crippen LogP contribution in [0.3, 0.4) is 0 Å². The maximum absolute atomic E-state index is 5.31. The summed E-state index contributed by atoms with van der Waals surface area (Å²) in [6.07, 6.45) is 1.40. The van der Waals surface area contributed by atoms with Crippen molar-refractivity contribution < 1.29 is 9.47 Å². The third kappa shape index (κ3) is 6.05. The molecule has 0 rings (SSSR count). The van der Waals surface area contributed by atoms with Gasteiger partial charge in [-0.1, -0.05) is 6.92 Å². The average molecular weight is 145 g/mol. The van der Waals surface area contributed by atoms with Crippen LogP contribution in [0.25, 0.3) is 0 Å². The Labute approximate surface area is 63.5 Å². The van der Waals surface area contributed by atoms with Gasteiger partial charge in [-0.3, -0.25) is 0 Å². The molecule has 0 aliphatic carbocycles. The van der Waals surface area contributed by atoms with Crippen molar-refractivity contribution in [3.8, 4) is 0 Å². The molecule has 0 fully saturated rings. The molecule has 0 amide bonds. The van der Waals surface area contributed by atoms with E-state index in [1.807, 2.05) is 6.92 Å². The highest BCUT2D eigenvalue weighted by Crippen LogP contribution is 1.96. The Morgan fingerprint density at radius 3 is 2.60 bits per heavy atom. The fourth-order valence-corrected chi connectivity index (χ4v) is 0.487. The molecule has 0 saturated heterocycles. The second-order valence-electron chi connectivity index (χ2n) is 2.17. The Morgan fingerprint density at radius 1 is 1.40 bits per heavy atom. The summed E-state index contributed by atoms with van der Waals surface area (Å²) < 4.78 is 10.3. The maximum atomic E-state index is 5.31. The molecule has 10 heavy (non-hydrogen) atoms. The molecule has 2 heteroatoms. The fourth-order valence-electron chi connectivity index (χ4n) is 0.487. The standard InChI is InChI=1S/C8H17O2/c1-4-8(3)10-7-6-9-5-2/h6,8H,4-5,7H2,1-3H3. The highest BCUT2D eigenvalue weighted by molar-refractivity contribution is 4.50. The zero-order chi connectivity index (χ0) is 7.82. The molecule has 0 heterocycles. The lowest BCUT2D eigenvalue weighted by Gasteiger charge is -2.08. The Bertz CT molecular complexity index is 64.3. The Balaban J connectivity index is 2.89. The van der Waals surface area contributed by atoms with Crippen LogP contribution in [0.4, 0.5) is 0 Å². The highest BCUT2D eigenvalue weighted by Gasteiger charge is 1.96. The molecule has 61 valence electrons. The minimum atomic E-state index is 0.344. The second kappa shape index (κ2) is 7.03. The molecule has 0 aliphatic rings. The Morgan fingerprint density at radius 2 is 2.10 bits per heavy atom. The van der Waals surface area contributed by atoms with Crippen molar-refractivity contribution in [2.75, 3.05) is 13.2 Å². The Kier molecular flexibility index (Phi) is 6.98. The van der Waals surface area contributed by atoms with Crippen LogP contribution in [0.1, 0.15) is 27.2 Å². The van der Waals surface area contributed by atoms with Crippen LogP contribution >= 0.6 is 0 Å². The third-order valence-electron chi connectivity index (χ3n) is 1.31. The number of hydrogen-bond acceptors (Lipinski definition) is 2. The number of ether oxygens (including phenoxy) is 2. The first-order chi connectivity index (χ1) is 4.81. The van der Waals surface area contributed by atoms with Gasteiger partial charge in [0.05, 0.1) is 12.7 Å². The lowest BCUT2D eigenvalue weighted by molar-refractivity contribution is 0.0442. The molecule has 0 aromatic heterocycles. The molecule has 0 bridgehead atoms. The second-order valence-corrected chi connectivity index (χ2v) is 2.17. The van der Waals surface area contributed by atoms with E-state index in [1.54, 1.807) is 6.61 Å². The number of hydrogen-bond donors (Lipinski definition) is 0. The third-order valence-corrected chi connectivity index (χ3v) is 1.31. The van der Waals surface area contributed by atoms with Gasteiger partial charge in [-0.05, 0) is 20.3 Å². The SMILES string of the molecule is CCO[CH]COC(C)CC. The summed E-state index contributed by atoms with van der Waals surface area (Å²) in [5, 5.41) is 0. The van der Waals surface area contributed by atoms with Gasteiger partial charge >= 0.3 is 0 Å². The molecule has 0 saturated carbocycles. The van der Waals surface area contributed by atoms with Gasteiger partial charge in [0.25, 0.3) is 0 Å². The van der Waals surface area contributed by atoms with E-state index in [9.17, 15) is 0 Å². The summed E-state index contributed by atoms with van der Waals surface area (Å²) in [6, 6.07) is 0. The largest absolute Gasteiger partial charge is 0.376 e. The average Bonchev–Trinajstić information content (AvgIpc) is 1.98. The monoisotopic (exact) mass is 145 g/mol. The van der Waals surface area contributed by atoms with Crippen LogP contribution in [-0.4, -0.2) is 19.3 Å². The van der Waals surface area contributed by atoms with Gasteiger partial charge in [0.15, 0.2) is 0 Å². The van der Waals surface area contributed by atoms with Gasteiger partial charge in [-0.25, -0.2) is 0 Å². The predicted molar refractivity (Wildman–Crippen MR) is 41.6 cm³/mol. The van der Waals surface area contributed by atoms with Crippen LogP contribution in [0.2, 0.25) is 0 Å². The molecular formula is C8H17O2.